The van der Waals surface area contributed by atoms with E-state index in [4.69, 9.17) is 0 Å². The van der Waals surface area contributed by atoms with Crippen LogP contribution in [0.4, 0.5) is 0 Å². The van der Waals surface area contributed by atoms with Crippen LogP contribution in [0.1, 0.15) is 38.5 Å². The fourth-order valence-corrected chi connectivity index (χ4v) is 8.26. The number of rotatable bonds is 7. The number of benzene rings is 1. The quantitative estimate of drug-likeness (QED) is 0.392. The van der Waals surface area contributed by atoms with Crippen molar-refractivity contribution in [2.24, 2.45) is 5.92 Å². The molecule has 2 unspecified atom stereocenters. The van der Waals surface area contributed by atoms with Crippen LogP contribution in [-0.4, -0.2) is 29.4 Å². The summed E-state index contributed by atoms with van der Waals surface area (Å²) in [6.07, 6.45) is 6.80. The van der Waals surface area contributed by atoms with E-state index in [0.717, 1.165) is 19.3 Å². The van der Waals surface area contributed by atoms with Crippen LogP contribution in [0.25, 0.3) is 0 Å². The second-order valence-electron chi connectivity index (χ2n) is 7.74. The maximum absolute atomic E-state index is 12.4. The Morgan fingerprint density at radius 2 is 1.91 bits per heavy atom. The van der Waals surface area contributed by atoms with E-state index in [2.05, 4.69) is 45.2 Å². The van der Waals surface area contributed by atoms with E-state index in [1.165, 1.54) is 28.6 Å². The van der Waals surface area contributed by atoms with Crippen molar-refractivity contribution in [1.29, 1.82) is 0 Å². The van der Waals surface area contributed by atoms with Gasteiger partial charge in [0.15, 0.2) is 0 Å². The predicted molar refractivity (Wildman–Crippen MR) is 100 cm³/mol. The number of hydrogen-bond acceptors (Lipinski definition) is 2. The average Bonchev–Trinajstić information content (AvgIpc) is 2.47. The first-order valence-electron chi connectivity index (χ1n) is 8.70. The van der Waals surface area contributed by atoms with E-state index in [9.17, 15) is 4.79 Å². The summed E-state index contributed by atoms with van der Waals surface area (Å²) < 4.78 is 1.45. The third-order valence-corrected chi connectivity index (χ3v) is 11.2. The molecule has 0 aromatic heterocycles. The molecule has 0 N–H and O–H groups in total. The van der Waals surface area contributed by atoms with Crippen LogP contribution >= 0.6 is 11.8 Å². The molecule has 3 heteroatoms. The van der Waals surface area contributed by atoms with Crippen molar-refractivity contribution < 1.29 is 4.79 Å². The van der Waals surface area contributed by atoms with Crippen LogP contribution < -0.4 is 0 Å². The normalized spacial score (nSPS) is 20.9. The molecule has 0 radical (unpaired) electrons. The van der Waals surface area contributed by atoms with E-state index in [1.807, 2.05) is 11.8 Å². The first-order valence-corrected chi connectivity index (χ1v) is 20.2. The van der Waals surface area contributed by atoms with E-state index in [-0.39, 0.29) is 0 Å². The van der Waals surface area contributed by atoms with E-state index < -0.39 is 18.4 Å². The maximum atomic E-state index is 12.4. The van der Waals surface area contributed by atoms with Gasteiger partial charge in [-0.2, -0.15) is 0 Å². The molecule has 0 bridgehead atoms. The monoisotopic (exact) mass is 426 g/mol. The van der Waals surface area contributed by atoms with Gasteiger partial charge in [0, 0.05) is 0 Å². The number of Topliss-reactive ketones (excluding diaryl/α,β-unsaturated/α-hetero) is 1. The Kier molecular flexibility index (Phi) is 7.33. The molecule has 1 aromatic rings. The number of hydrogen-bond donors (Lipinski definition) is 0. The van der Waals surface area contributed by atoms with Crippen LogP contribution in [0.2, 0.25) is 19.3 Å². The first kappa shape index (κ1) is 18.4. The molecule has 0 heterocycles. The van der Waals surface area contributed by atoms with Crippen LogP contribution in [0, 0.1) is 5.92 Å². The topological polar surface area (TPSA) is 17.1 Å². The van der Waals surface area contributed by atoms with Crippen LogP contribution in [0.15, 0.2) is 35.2 Å². The summed E-state index contributed by atoms with van der Waals surface area (Å²) in [5.41, 5.74) is 0. The Bertz CT molecular complexity index is 466. The van der Waals surface area contributed by atoms with Gasteiger partial charge in [-0.3, -0.25) is 0 Å². The molecule has 2 rings (SSSR count). The molecule has 1 fully saturated rings. The molecule has 1 aromatic carbocycles. The Balaban J connectivity index is 2.01. The van der Waals surface area contributed by atoms with Crippen molar-refractivity contribution in [1.82, 2.24) is 0 Å². The number of ketones is 1. The molecule has 0 spiro atoms. The van der Waals surface area contributed by atoms with Gasteiger partial charge in [0.05, 0.1) is 0 Å². The zero-order chi connectivity index (χ0) is 16.0. The van der Waals surface area contributed by atoms with Crippen molar-refractivity contribution in [2.75, 3.05) is 0 Å². The van der Waals surface area contributed by atoms with E-state index in [1.54, 1.807) is 0 Å². The van der Waals surface area contributed by atoms with Gasteiger partial charge in [0.25, 0.3) is 0 Å². The molecule has 0 saturated heterocycles. The fourth-order valence-electron chi connectivity index (χ4n) is 3.25. The molecular weight excluding hydrogens is 395 g/mol. The fraction of sp³-hybridized carbons (Fsp3) is 0.632. The molecular formula is C19H30OSSn. The van der Waals surface area contributed by atoms with Crippen molar-refractivity contribution in [3.8, 4) is 0 Å². The second kappa shape index (κ2) is 8.77. The van der Waals surface area contributed by atoms with Crippen molar-refractivity contribution in [3.05, 3.63) is 30.3 Å². The molecule has 2 atom stereocenters. The van der Waals surface area contributed by atoms with Crippen molar-refractivity contribution in [3.63, 3.8) is 0 Å². The number of carbonyl (C=O) groups is 1. The molecule has 22 heavy (non-hydrogen) atoms. The predicted octanol–water partition coefficient (Wildman–Crippen LogP) is 6.03. The minimum atomic E-state index is -1.68. The number of thioether (sulfide) groups is 1. The van der Waals surface area contributed by atoms with E-state index in [0.29, 0.717) is 17.0 Å². The second-order valence-corrected chi connectivity index (χ2v) is 25.1. The van der Waals surface area contributed by atoms with Crippen molar-refractivity contribution in [2.45, 2.75) is 67.9 Å². The van der Waals surface area contributed by atoms with Crippen LogP contribution in [0.5, 0.6) is 0 Å². The summed E-state index contributed by atoms with van der Waals surface area (Å²) >= 11 is 0.277. The van der Waals surface area contributed by atoms with Gasteiger partial charge in [0.1, 0.15) is 0 Å². The summed E-state index contributed by atoms with van der Waals surface area (Å²) in [4.78, 5) is 21.3. The molecule has 0 aliphatic heterocycles. The first-order chi connectivity index (χ1) is 10.5. The summed E-state index contributed by atoms with van der Waals surface area (Å²) in [7, 11) is 0. The van der Waals surface area contributed by atoms with Gasteiger partial charge in [0.2, 0.25) is 0 Å². The average molecular weight is 425 g/mol. The van der Waals surface area contributed by atoms with Crippen molar-refractivity contribution >= 4 is 35.9 Å². The summed E-state index contributed by atoms with van der Waals surface area (Å²) in [6.45, 7) is 0. The molecule has 0 amide bonds. The van der Waals surface area contributed by atoms with Gasteiger partial charge >= 0.3 is 145 Å². The van der Waals surface area contributed by atoms with Crippen LogP contribution in [-0.2, 0) is 4.79 Å². The summed E-state index contributed by atoms with van der Waals surface area (Å²) in [6, 6.07) is 10.7. The third kappa shape index (κ3) is 6.27. The van der Waals surface area contributed by atoms with Gasteiger partial charge in [-0.05, 0) is 0 Å². The standard InChI is InChI=1S/C16H21OS.3CH3.Sn/c1-2-8-16(14-11-6-7-12-15(14)17)18-13-9-4-3-5-10-13;;;;/h3-5,9-10,14,16H,1-2,6-8,11-12H2;3*1H3;. The van der Waals surface area contributed by atoms with Gasteiger partial charge < -0.3 is 0 Å². The Labute approximate surface area is 144 Å². The van der Waals surface area contributed by atoms with E-state index >= 15 is 0 Å². The molecule has 1 nitrogen and oxygen atoms in total. The summed E-state index contributed by atoms with van der Waals surface area (Å²) in [5.74, 6) is 0.827. The Hall–Kier alpha value is 0.0387. The SMILES string of the molecule is [CH3][Sn]([CH3])([CH3])[CH2]CCC(Sc1ccccc1)C1CCCCC1=O. The van der Waals surface area contributed by atoms with Gasteiger partial charge in [-0.15, -0.1) is 0 Å². The zero-order valence-electron chi connectivity index (χ0n) is 14.3. The zero-order valence-corrected chi connectivity index (χ0v) is 18.0. The van der Waals surface area contributed by atoms with Gasteiger partial charge in [-0.1, -0.05) is 0 Å². The Morgan fingerprint density at radius 1 is 1.18 bits per heavy atom. The third-order valence-electron chi connectivity index (χ3n) is 4.50. The molecule has 1 saturated carbocycles. The van der Waals surface area contributed by atoms with Gasteiger partial charge in [-0.25, -0.2) is 0 Å². The van der Waals surface area contributed by atoms with Crippen LogP contribution in [0.3, 0.4) is 0 Å². The minimum absolute atomic E-state index is 0.300. The Morgan fingerprint density at radius 3 is 2.55 bits per heavy atom. The summed E-state index contributed by atoms with van der Waals surface area (Å²) in [5, 5.41) is 0.490. The number of carbonyl (C=O) groups excluding carboxylic acids is 1. The molecule has 122 valence electrons. The molecule has 1 aliphatic rings. The molecule has 1 aliphatic carbocycles.